The third-order valence-corrected chi connectivity index (χ3v) is 3.80. The minimum atomic E-state index is 0.0623. The van der Waals surface area contributed by atoms with Crippen molar-refractivity contribution in [1.29, 1.82) is 0 Å². The van der Waals surface area contributed by atoms with Crippen molar-refractivity contribution in [2.45, 2.75) is 19.4 Å². The Morgan fingerprint density at radius 1 is 1.56 bits per heavy atom. The molecule has 1 fully saturated rings. The molecule has 1 unspecified atom stereocenters. The number of anilines is 2. The van der Waals surface area contributed by atoms with Crippen LogP contribution in [-0.2, 0) is 4.79 Å². The standard InChI is InChI=1S/C11H13N5OS/c1-5-2-7-9(14-6-3-8(17)13-4-6)15-11(12)16-10(7)18-5/h2,6H,3-4H2,1H3,(H,13,17)(H3,12,14,15,16). The maximum Gasteiger partial charge on any atom is 0.223 e. The maximum atomic E-state index is 11.2. The lowest BCUT2D eigenvalue weighted by molar-refractivity contribution is -0.119. The first-order valence-corrected chi connectivity index (χ1v) is 6.50. The number of nitrogens with one attached hydrogen (secondary N) is 2. The molecule has 0 aromatic carbocycles. The molecule has 94 valence electrons. The van der Waals surface area contributed by atoms with E-state index in [9.17, 15) is 4.79 Å². The van der Waals surface area contributed by atoms with E-state index in [-0.39, 0.29) is 17.9 Å². The molecule has 6 nitrogen and oxygen atoms in total. The quantitative estimate of drug-likeness (QED) is 0.748. The second kappa shape index (κ2) is 4.09. The van der Waals surface area contributed by atoms with Crippen molar-refractivity contribution in [3.8, 4) is 0 Å². The number of nitrogens with two attached hydrogens (primary N) is 1. The van der Waals surface area contributed by atoms with Gasteiger partial charge < -0.3 is 16.4 Å². The Kier molecular flexibility index (Phi) is 2.55. The Hall–Kier alpha value is -1.89. The summed E-state index contributed by atoms with van der Waals surface area (Å²) in [4.78, 5) is 21.6. The number of rotatable bonds is 2. The van der Waals surface area contributed by atoms with E-state index in [4.69, 9.17) is 5.73 Å². The minimum Gasteiger partial charge on any atom is -0.368 e. The van der Waals surface area contributed by atoms with Crippen LogP contribution in [0.2, 0.25) is 0 Å². The molecule has 2 aromatic rings. The number of fused-ring (bicyclic) bond motifs is 1. The van der Waals surface area contributed by atoms with Crippen LogP contribution in [0.5, 0.6) is 0 Å². The molecule has 1 aliphatic rings. The average molecular weight is 263 g/mol. The Balaban J connectivity index is 1.97. The molecule has 1 saturated heterocycles. The van der Waals surface area contributed by atoms with Crippen LogP contribution >= 0.6 is 11.3 Å². The number of amides is 1. The third kappa shape index (κ3) is 1.97. The molecule has 7 heteroatoms. The zero-order chi connectivity index (χ0) is 12.7. The summed E-state index contributed by atoms with van der Waals surface area (Å²) in [5.74, 6) is 1.03. The smallest absolute Gasteiger partial charge is 0.223 e. The molecule has 18 heavy (non-hydrogen) atoms. The van der Waals surface area contributed by atoms with Gasteiger partial charge >= 0.3 is 0 Å². The number of carbonyl (C=O) groups is 1. The fraction of sp³-hybridized carbons (Fsp3) is 0.364. The molecule has 3 heterocycles. The predicted molar refractivity (Wildman–Crippen MR) is 71.6 cm³/mol. The zero-order valence-corrected chi connectivity index (χ0v) is 10.7. The highest BCUT2D eigenvalue weighted by Gasteiger charge is 2.22. The SMILES string of the molecule is Cc1cc2c(NC3CNC(=O)C3)nc(N)nc2s1. The van der Waals surface area contributed by atoms with Gasteiger partial charge in [-0.15, -0.1) is 11.3 Å². The maximum absolute atomic E-state index is 11.2. The largest absolute Gasteiger partial charge is 0.368 e. The highest BCUT2D eigenvalue weighted by Crippen LogP contribution is 2.29. The van der Waals surface area contributed by atoms with Gasteiger partial charge in [-0.25, -0.2) is 4.98 Å². The lowest BCUT2D eigenvalue weighted by atomic mass is 10.2. The fourth-order valence-corrected chi connectivity index (χ4v) is 2.96. The molecule has 4 N–H and O–H groups in total. The van der Waals surface area contributed by atoms with Gasteiger partial charge in [0.05, 0.1) is 11.4 Å². The number of hydrogen-bond acceptors (Lipinski definition) is 6. The first-order valence-electron chi connectivity index (χ1n) is 5.69. The highest BCUT2D eigenvalue weighted by molar-refractivity contribution is 7.18. The summed E-state index contributed by atoms with van der Waals surface area (Å²) in [6.07, 6.45) is 0.467. The van der Waals surface area contributed by atoms with Gasteiger partial charge in [0.15, 0.2) is 0 Å². The van der Waals surface area contributed by atoms with Crippen molar-refractivity contribution in [3.63, 3.8) is 0 Å². The summed E-state index contributed by atoms with van der Waals surface area (Å²) in [5, 5.41) is 7.01. The first-order chi connectivity index (χ1) is 8.61. The fourth-order valence-electron chi connectivity index (χ4n) is 2.07. The van der Waals surface area contributed by atoms with E-state index in [0.717, 1.165) is 15.1 Å². The highest BCUT2D eigenvalue weighted by atomic mass is 32.1. The van der Waals surface area contributed by atoms with E-state index in [1.165, 1.54) is 0 Å². The molecular formula is C11H13N5OS. The summed E-state index contributed by atoms with van der Waals surface area (Å²) in [7, 11) is 0. The summed E-state index contributed by atoms with van der Waals surface area (Å²) >= 11 is 1.59. The molecule has 0 aliphatic carbocycles. The number of nitrogens with zero attached hydrogens (tertiary/aromatic N) is 2. The third-order valence-electron chi connectivity index (χ3n) is 2.85. The van der Waals surface area contributed by atoms with Crippen molar-refractivity contribution < 1.29 is 4.79 Å². The lowest BCUT2D eigenvalue weighted by Crippen LogP contribution is -2.23. The van der Waals surface area contributed by atoms with Crippen LogP contribution in [0.15, 0.2) is 6.07 Å². The Labute approximate surface area is 108 Å². The van der Waals surface area contributed by atoms with E-state index in [1.54, 1.807) is 11.3 Å². The first kappa shape index (κ1) is 11.2. The van der Waals surface area contributed by atoms with E-state index in [1.807, 2.05) is 13.0 Å². The van der Waals surface area contributed by atoms with Crippen LogP contribution < -0.4 is 16.4 Å². The van der Waals surface area contributed by atoms with E-state index >= 15 is 0 Å². The molecular weight excluding hydrogens is 250 g/mol. The number of aryl methyl sites for hydroxylation is 1. The molecule has 0 saturated carbocycles. The number of thiophene rings is 1. The van der Waals surface area contributed by atoms with Crippen molar-refractivity contribution in [2.75, 3.05) is 17.6 Å². The average Bonchev–Trinajstić information content (AvgIpc) is 2.84. The van der Waals surface area contributed by atoms with E-state index < -0.39 is 0 Å². The molecule has 2 aromatic heterocycles. The van der Waals surface area contributed by atoms with Crippen molar-refractivity contribution in [1.82, 2.24) is 15.3 Å². The lowest BCUT2D eigenvalue weighted by Gasteiger charge is -2.12. The normalized spacial score (nSPS) is 19.2. The van der Waals surface area contributed by atoms with Gasteiger partial charge in [0.2, 0.25) is 11.9 Å². The predicted octanol–water partition coefficient (Wildman–Crippen LogP) is 0.882. The number of hydrogen-bond donors (Lipinski definition) is 3. The van der Waals surface area contributed by atoms with Crippen LogP contribution in [0.1, 0.15) is 11.3 Å². The Morgan fingerprint density at radius 3 is 3.11 bits per heavy atom. The topological polar surface area (TPSA) is 92.9 Å². The molecule has 3 rings (SSSR count). The Morgan fingerprint density at radius 2 is 2.39 bits per heavy atom. The zero-order valence-electron chi connectivity index (χ0n) is 9.86. The second-order valence-electron chi connectivity index (χ2n) is 4.36. The summed E-state index contributed by atoms with van der Waals surface area (Å²) in [6.45, 7) is 2.64. The molecule has 0 radical (unpaired) electrons. The van der Waals surface area contributed by atoms with Crippen molar-refractivity contribution in [2.24, 2.45) is 0 Å². The molecule has 1 aliphatic heterocycles. The van der Waals surface area contributed by atoms with Crippen LogP contribution in [0.25, 0.3) is 10.2 Å². The number of carbonyl (C=O) groups excluding carboxylic acids is 1. The van der Waals surface area contributed by atoms with Gasteiger partial charge in [-0.05, 0) is 13.0 Å². The van der Waals surface area contributed by atoms with Crippen LogP contribution in [-0.4, -0.2) is 28.5 Å². The van der Waals surface area contributed by atoms with Gasteiger partial charge in [0.1, 0.15) is 10.6 Å². The summed E-state index contributed by atoms with van der Waals surface area (Å²) in [5.41, 5.74) is 5.70. The van der Waals surface area contributed by atoms with Gasteiger partial charge in [0, 0.05) is 17.8 Å². The minimum absolute atomic E-state index is 0.0623. The van der Waals surface area contributed by atoms with Crippen LogP contribution in [0, 0.1) is 6.92 Å². The molecule has 1 amide bonds. The molecule has 0 bridgehead atoms. The number of nitrogen functional groups attached to an aromatic ring is 1. The number of aromatic nitrogens is 2. The van der Waals surface area contributed by atoms with Gasteiger partial charge in [-0.1, -0.05) is 0 Å². The monoisotopic (exact) mass is 263 g/mol. The van der Waals surface area contributed by atoms with Crippen LogP contribution in [0.4, 0.5) is 11.8 Å². The van der Waals surface area contributed by atoms with E-state index in [2.05, 4.69) is 20.6 Å². The second-order valence-corrected chi connectivity index (χ2v) is 5.59. The van der Waals surface area contributed by atoms with Gasteiger partial charge in [-0.2, -0.15) is 4.98 Å². The van der Waals surface area contributed by atoms with Crippen molar-refractivity contribution in [3.05, 3.63) is 10.9 Å². The van der Waals surface area contributed by atoms with E-state index in [0.29, 0.717) is 18.8 Å². The van der Waals surface area contributed by atoms with Gasteiger partial charge in [-0.3, -0.25) is 4.79 Å². The summed E-state index contributed by atoms with van der Waals surface area (Å²) < 4.78 is 0. The molecule has 0 spiro atoms. The molecule has 1 atom stereocenters. The Bertz CT molecular complexity index is 623. The van der Waals surface area contributed by atoms with Crippen LogP contribution in [0.3, 0.4) is 0 Å². The van der Waals surface area contributed by atoms with Crippen molar-refractivity contribution >= 4 is 39.2 Å². The summed E-state index contributed by atoms with van der Waals surface area (Å²) in [6, 6.07) is 2.10. The van der Waals surface area contributed by atoms with Gasteiger partial charge in [0.25, 0.3) is 0 Å².